The zero-order chi connectivity index (χ0) is 18.2. The third-order valence-electron chi connectivity index (χ3n) is 3.57. The molecule has 0 spiro atoms. The second kappa shape index (κ2) is 9.22. The Kier molecular flexibility index (Phi) is 7.01. The minimum absolute atomic E-state index is 0.00227. The minimum Gasteiger partial charge on any atom is -0.507 e. The standard InChI is InChI=1S/C19H20BrNO4/c1-2-3-4-13-5-8-15(9-6-13)21-18(23)12-25-19(24)16-11-14(20)7-10-17(16)22/h5-11,22H,2-4,12H2,1H3,(H,21,23). The lowest BCUT2D eigenvalue weighted by Gasteiger charge is -2.08. The number of benzene rings is 2. The van der Waals surface area contributed by atoms with Crippen LogP contribution in [-0.2, 0) is 16.0 Å². The third kappa shape index (κ3) is 5.90. The van der Waals surface area contributed by atoms with E-state index in [2.05, 4.69) is 28.2 Å². The van der Waals surface area contributed by atoms with E-state index in [1.165, 1.54) is 17.7 Å². The Hall–Kier alpha value is -2.34. The number of nitrogens with one attached hydrogen (secondary N) is 1. The predicted molar refractivity (Wildman–Crippen MR) is 99.8 cm³/mol. The maximum atomic E-state index is 11.9. The van der Waals surface area contributed by atoms with Gasteiger partial charge in [-0.25, -0.2) is 4.79 Å². The first-order valence-electron chi connectivity index (χ1n) is 8.04. The number of amides is 1. The molecule has 0 unspecified atom stereocenters. The highest BCUT2D eigenvalue weighted by atomic mass is 79.9. The number of phenols is 1. The molecule has 0 aliphatic rings. The van der Waals surface area contributed by atoms with Gasteiger partial charge in [-0.15, -0.1) is 0 Å². The number of anilines is 1. The highest BCUT2D eigenvalue weighted by Gasteiger charge is 2.15. The first-order valence-corrected chi connectivity index (χ1v) is 8.83. The van der Waals surface area contributed by atoms with Crippen molar-refractivity contribution >= 4 is 33.5 Å². The number of aromatic hydroxyl groups is 1. The van der Waals surface area contributed by atoms with Crippen molar-refractivity contribution < 1.29 is 19.4 Å². The van der Waals surface area contributed by atoms with E-state index in [1.807, 2.05) is 24.3 Å². The van der Waals surface area contributed by atoms with Crippen LogP contribution in [0, 0.1) is 0 Å². The first-order chi connectivity index (χ1) is 12.0. The van der Waals surface area contributed by atoms with Gasteiger partial charge in [0.15, 0.2) is 6.61 Å². The van der Waals surface area contributed by atoms with Crippen LogP contribution in [0.3, 0.4) is 0 Å². The summed E-state index contributed by atoms with van der Waals surface area (Å²) in [5.41, 5.74) is 1.87. The van der Waals surface area contributed by atoms with Crippen molar-refractivity contribution in [2.45, 2.75) is 26.2 Å². The van der Waals surface area contributed by atoms with Gasteiger partial charge < -0.3 is 15.2 Å². The van der Waals surface area contributed by atoms with Crippen molar-refractivity contribution in [1.29, 1.82) is 0 Å². The molecule has 0 bridgehead atoms. The smallest absolute Gasteiger partial charge is 0.342 e. The van der Waals surface area contributed by atoms with Crippen LogP contribution in [0.4, 0.5) is 5.69 Å². The SMILES string of the molecule is CCCCc1ccc(NC(=O)COC(=O)c2cc(Br)ccc2O)cc1. The normalized spacial score (nSPS) is 10.3. The van der Waals surface area contributed by atoms with E-state index in [0.717, 1.165) is 19.3 Å². The van der Waals surface area contributed by atoms with Gasteiger partial charge in [0.25, 0.3) is 5.91 Å². The van der Waals surface area contributed by atoms with Gasteiger partial charge in [-0.05, 0) is 48.7 Å². The highest BCUT2D eigenvalue weighted by molar-refractivity contribution is 9.10. The zero-order valence-electron chi connectivity index (χ0n) is 13.9. The minimum atomic E-state index is -0.760. The number of esters is 1. The lowest BCUT2D eigenvalue weighted by atomic mass is 10.1. The van der Waals surface area contributed by atoms with Crippen LogP contribution in [0.25, 0.3) is 0 Å². The van der Waals surface area contributed by atoms with Crippen molar-refractivity contribution in [1.82, 2.24) is 0 Å². The molecule has 0 aliphatic carbocycles. The van der Waals surface area contributed by atoms with E-state index in [9.17, 15) is 14.7 Å². The van der Waals surface area contributed by atoms with Crippen LogP contribution in [-0.4, -0.2) is 23.6 Å². The maximum absolute atomic E-state index is 11.9. The molecule has 0 saturated heterocycles. The lowest BCUT2D eigenvalue weighted by molar-refractivity contribution is -0.119. The van der Waals surface area contributed by atoms with Crippen LogP contribution in [0.2, 0.25) is 0 Å². The van der Waals surface area contributed by atoms with Crippen molar-refractivity contribution in [3.8, 4) is 5.75 Å². The molecule has 2 N–H and O–H groups in total. The van der Waals surface area contributed by atoms with E-state index in [0.29, 0.717) is 10.2 Å². The largest absolute Gasteiger partial charge is 0.507 e. The number of halogens is 1. The van der Waals surface area contributed by atoms with Crippen molar-refractivity contribution in [2.75, 3.05) is 11.9 Å². The van der Waals surface area contributed by atoms with Crippen LogP contribution in [0.1, 0.15) is 35.7 Å². The molecule has 1 amide bonds. The topological polar surface area (TPSA) is 75.6 Å². The van der Waals surface area contributed by atoms with Crippen molar-refractivity contribution in [3.63, 3.8) is 0 Å². The summed E-state index contributed by atoms with van der Waals surface area (Å²) >= 11 is 3.21. The molecule has 5 nitrogen and oxygen atoms in total. The Morgan fingerprint density at radius 2 is 1.88 bits per heavy atom. The zero-order valence-corrected chi connectivity index (χ0v) is 15.5. The van der Waals surface area contributed by atoms with E-state index in [4.69, 9.17) is 4.74 Å². The number of aryl methyl sites for hydroxylation is 1. The number of phenolic OH excluding ortho intramolecular Hbond substituents is 1. The number of hydrogen-bond donors (Lipinski definition) is 2. The monoisotopic (exact) mass is 405 g/mol. The fraction of sp³-hybridized carbons (Fsp3) is 0.263. The second-order valence-electron chi connectivity index (χ2n) is 5.59. The number of hydrogen-bond acceptors (Lipinski definition) is 4. The van der Waals surface area contributed by atoms with Gasteiger partial charge in [-0.3, -0.25) is 4.79 Å². The van der Waals surface area contributed by atoms with Gasteiger partial charge in [0.1, 0.15) is 11.3 Å². The number of rotatable bonds is 7. The summed E-state index contributed by atoms with van der Waals surface area (Å²) in [6.45, 7) is 1.71. The van der Waals surface area contributed by atoms with Crippen molar-refractivity contribution in [3.05, 3.63) is 58.1 Å². The molecule has 0 heterocycles. The molecule has 0 atom stereocenters. The summed E-state index contributed by atoms with van der Waals surface area (Å²) < 4.78 is 5.57. The molecule has 132 valence electrons. The van der Waals surface area contributed by atoms with Crippen molar-refractivity contribution in [2.24, 2.45) is 0 Å². The van der Waals surface area contributed by atoms with Gasteiger partial charge in [0.2, 0.25) is 0 Å². The Balaban J connectivity index is 1.86. The van der Waals surface area contributed by atoms with Gasteiger partial charge in [0.05, 0.1) is 0 Å². The van der Waals surface area contributed by atoms with Gasteiger partial charge in [0, 0.05) is 10.2 Å². The van der Waals surface area contributed by atoms with E-state index < -0.39 is 18.5 Å². The molecule has 2 aromatic carbocycles. The summed E-state index contributed by atoms with van der Waals surface area (Å²) in [7, 11) is 0. The number of carbonyl (C=O) groups is 2. The molecule has 0 saturated carbocycles. The lowest BCUT2D eigenvalue weighted by Crippen LogP contribution is -2.21. The molecular weight excluding hydrogens is 386 g/mol. The molecule has 25 heavy (non-hydrogen) atoms. The maximum Gasteiger partial charge on any atom is 0.342 e. The summed E-state index contributed by atoms with van der Waals surface area (Å²) in [5.74, 6) is -1.40. The Morgan fingerprint density at radius 3 is 2.56 bits per heavy atom. The van der Waals surface area contributed by atoms with Crippen LogP contribution in [0.15, 0.2) is 46.9 Å². The number of ether oxygens (including phenoxy) is 1. The fourth-order valence-corrected chi connectivity index (χ4v) is 2.57. The van der Waals surface area contributed by atoms with Gasteiger partial charge >= 0.3 is 5.97 Å². The van der Waals surface area contributed by atoms with Gasteiger partial charge in [-0.1, -0.05) is 41.4 Å². The molecule has 0 aromatic heterocycles. The second-order valence-corrected chi connectivity index (χ2v) is 6.50. The quantitative estimate of drug-likeness (QED) is 0.673. The first kappa shape index (κ1) is 19.0. The average molecular weight is 406 g/mol. The fourth-order valence-electron chi connectivity index (χ4n) is 2.21. The Labute approximate surface area is 155 Å². The number of unbranched alkanes of at least 4 members (excludes halogenated alkanes) is 1. The Morgan fingerprint density at radius 1 is 1.16 bits per heavy atom. The van der Waals surface area contributed by atoms with Crippen LogP contribution >= 0.6 is 15.9 Å². The molecule has 2 aromatic rings. The summed E-state index contributed by atoms with van der Waals surface area (Å²) in [6.07, 6.45) is 3.28. The predicted octanol–water partition coefficient (Wildman–Crippen LogP) is 4.29. The summed E-state index contributed by atoms with van der Waals surface area (Å²) in [5, 5.41) is 12.3. The van der Waals surface area contributed by atoms with E-state index >= 15 is 0 Å². The van der Waals surface area contributed by atoms with E-state index in [1.54, 1.807) is 6.07 Å². The molecule has 0 radical (unpaired) electrons. The average Bonchev–Trinajstić information content (AvgIpc) is 2.61. The van der Waals surface area contributed by atoms with E-state index in [-0.39, 0.29) is 11.3 Å². The molecule has 2 rings (SSSR count). The molecule has 6 heteroatoms. The Bertz CT molecular complexity index is 744. The molecule has 0 aliphatic heterocycles. The summed E-state index contributed by atoms with van der Waals surface area (Å²) in [4.78, 5) is 23.8. The van der Waals surface area contributed by atoms with Crippen LogP contribution < -0.4 is 5.32 Å². The number of carbonyl (C=O) groups excluding carboxylic acids is 2. The summed E-state index contributed by atoms with van der Waals surface area (Å²) in [6, 6.07) is 12.0. The molecule has 0 fully saturated rings. The highest BCUT2D eigenvalue weighted by Crippen LogP contribution is 2.22. The molecular formula is C19H20BrNO4. The third-order valence-corrected chi connectivity index (χ3v) is 4.06. The van der Waals surface area contributed by atoms with Crippen LogP contribution in [0.5, 0.6) is 5.75 Å². The van der Waals surface area contributed by atoms with Gasteiger partial charge in [-0.2, -0.15) is 0 Å².